The summed E-state index contributed by atoms with van der Waals surface area (Å²) in [7, 11) is 1.88. The van der Waals surface area contributed by atoms with Crippen molar-refractivity contribution in [3.05, 3.63) is 28.0 Å². The third-order valence-electron chi connectivity index (χ3n) is 1.79. The molecule has 62 valence electrons. The summed E-state index contributed by atoms with van der Waals surface area (Å²) in [4.78, 5) is 0.548. The number of halogens is 1. The second kappa shape index (κ2) is 2.61. The number of fused-ring (bicyclic) bond motifs is 1. The average Bonchev–Trinajstić information content (AvgIpc) is 2.28. The molecule has 0 aliphatic heterocycles. The molecule has 1 aromatic carbocycles. The monoisotopic (exact) mass is 198 g/mol. The summed E-state index contributed by atoms with van der Waals surface area (Å²) in [6.45, 7) is 0. The first-order chi connectivity index (χ1) is 5.68. The third kappa shape index (κ3) is 1.06. The number of thiazole rings is 1. The van der Waals surface area contributed by atoms with Crippen LogP contribution in [0.3, 0.4) is 0 Å². The van der Waals surface area contributed by atoms with Crippen LogP contribution in [0.15, 0.2) is 18.2 Å². The van der Waals surface area contributed by atoms with E-state index in [0.717, 1.165) is 15.2 Å². The predicted molar refractivity (Wildman–Crippen MR) is 51.7 cm³/mol. The van der Waals surface area contributed by atoms with Crippen LogP contribution >= 0.6 is 22.9 Å². The topological polar surface area (TPSA) is 28.8 Å². The fraction of sp³-hybridized carbons (Fsp3) is 0.125. The highest BCUT2D eigenvalue weighted by atomic mass is 35.5. The van der Waals surface area contributed by atoms with Crippen LogP contribution in [0.1, 0.15) is 0 Å². The van der Waals surface area contributed by atoms with Gasteiger partial charge in [-0.15, -0.1) is 0 Å². The molecule has 2 nitrogen and oxygen atoms in total. The molecule has 0 atom stereocenters. The molecule has 4 heteroatoms. The van der Waals surface area contributed by atoms with Gasteiger partial charge < -0.3 is 4.57 Å². The lowest BCUT2D eigenvalue weighted by Gasteiger charge is -1.93. The molecule has 0 aliphatic carbocycles. The predicted octanol–water partition coefficient (Wildman–Crippen LogP) is 2.37. The van der Waals surface area contributed by atoms with Crippen molar-refractivity contribution >= 4 is 33.2 Å². The maximum atomic E-state index is 7.56. The Morgan fingerprint density at radius 3 is 3.00 bits per heavy atom. The number of aromatic nitrogens is 1. The molecule has 0 saturated heterocycles. The van der Waals surface area contributed by atoms with E-state index in [1.54, 1.807) is 0 Å². The van der Waals surface area contributed by atoms with Crippen molar-refractivity contribution < 1.29 is 0 Å². The quantitative estimate of drug-likeness (QED) is 0.674. The molecule has 0 aliphatic rings. The summed E-state index contributed by atoms with van der Waals surface area (Å²) in [5.41, 5.74) is 1.06. The largest absolute Gasteiger partial charge is 0.320 e. The molecule has 0 spiro atoms. The summed E-state index contributed by atoms with van der Waals surface area (Å²) in [5.74, 6) is 0. The van der Waals surface area contributed by atoms with Crippen molar-refractivity contribution in [2.75, 3.05) is 0 Å². The van der Waals surface area contributed by atoms with E-state index in [4.69, 9.17) is 17.0 Å². The minimum absolute atomic E-state index is 0.548. The molecule has 1 aromatic heterocycles. The van der Waals surface area contributed by atoms with Gasteiger partial charge in [0.25, 0.3) is 0 Å². The number of nitrogens with zero attached hydrogens (tertiary/aromatic N) is 1. The molecular formula is C8H7ClN2S. The normalized spacial score (nSPS) is 10.8. The highest BCUT2D eigenvalue weighted by molar-refractivity contribution is 7.16. The SMILES string of the molecule is Cn1c(=N)sc2cc(Cl)ccc21. The van der Waals surface area contributed by atoms with Crippen molar-refractivity contribution in [3.63, 3.8) is 0 Å². The lowest BCUT2D eigenvalue weighted by molar-refractivity contribution is 0.893. The molecule has 0 bridgehead atoms. The summed E-state index contributed by atoms with van der Waals surface area (Å²) < 4.78 is 2.91. The first-order valence-corrected chi connectivity index (χ1v) is 4.67. The van der Waals surface area contributed by atoms with Gasteiger partial charge in [0.15, 0.2) is 4.80 Å². The van der Waals surface area contributed by atoms with Crippen LogP contribution in [0, 0.1) is 5.41 Å². The molecular weight excluding hydrogens is 192 g/mol. The lowest BCUT2D eigenvalue weighted by Crippen LogP contribution is -2.06. The number of hydrogen-bond acceptors (Lipinski definition) is 2. The maximum Gasteiger partial charge on any atom is 0.182 e. The van der Waals surface area contributed by atoms with Crippen LogP contribution in [-0.2, 0) is 7.05 Å². The van der Waals surface area contributed by atoms with E-state index in [2.05, 4.69) is 0 Å². The van der Waals surface area contributed by atoms with E-state index < -0.39 is 0 Å². The van der Waals surface area contributed by atoms with E-state index in [1.165, 1.54) is 11.3 Å². The van der Waals surface area contributed by atoms with Gasteiger partial charge in [0.1, 0.15) is 0 Å². The highest BCUT2D eigenvalue weighted by Crippen LogP contribution is 2.20. The van der Waals surface area contributed by atoms with Crippen LogP contribution in [0.4, 0.5) is 0 Å². The number of rotatable bonds is 0. The van der Waals surface area contributed by atoms with Gasteiger partial charge in [0.05, 0.1) is 10.2 Å². The average molecular weight is 199 g/mol. The van der Waals surface area contributed by atoms with Crippen LogP contribution in [-0.4, -0.2) is 4.57 Å². The zero-order valence-corrected chi connectivity index (χ0v) is 8.04. The number of benzene rings is 1. The smallest absolute Gasteiger partial charge is 0.182 e. The molecule has 0 saturated carbocycles. The Morgan fingerprint density at radius 1 is 1.50 bits per heavy atom. The van der Waals surface area contributed by atoms with Gasteiger partial charge in [-0.25, -0.2) is 0 Å². The molecule has 2 rings (SSSR count). The van der Waals surface area contributed by atoms with E-state index in [-0.39, 0.29) is 0 Å². The Labute approximate surface area is 78.5 Å². The van der Waals surface area contributed by atoms with E-state index >= 15 is 0 Å². The number of aryl methyl sites for hydroxylation is 1. The molecule has 0 radical (unpaired) electrons. The highest BCUT2D eigenvalue weighted by Gasteiger charge is 2.00. The van der Waals surface area contributed by atoms with E-state index in [9.17, 15) is 0 Å². The molecule has 2 aromatic rings. The van der Waals surface area contributed by atoms with Gasteiger partial charge in [0.2, 0.25) is 0 Å². The first-order valence-electron chi connectivity index (χ1n) is 3.48. The molecule has 0 unspecified atom stereocenters. The number of nitrogens with one attached hydrogen (secondary N) is 1. The fourth-order valence-electron chi connectivity index (χ4n) is 1.13. The number of hydrogen-bond donors (Lipinski definition) is 1. The summed E-state index contributed by atoms with van der Waals surface area (Å²) in [5, 5.41) is 8.28. The van der Waals surface area contributed by atoms with Gasteiger partial charge in [-0.05, 0) is 18.2 Å². The summed E-state index contributed by atoms with van der Waals surface area (Å²) in [6, 6.07) is 5.67. The second-order valence-corrected chi connectivity index (χ2v) is 4.05. The lowest BCUT2D eigenvalue weighted by atomic mass is 10.3. The van der Waals surface area contributed by atoms with Gasteiger partial charge in [-0.2, -0.15) is 0 Å². The Morgan fingerprint density at radius 2 is 2.25 bits per heavy atom. The van der Waals surface area contributed by atoms with Crippen LogP contribution in [0.5, 0.6) is 0 Å². The standard InChI is InChI=1S/C8H7ClN2S/c1-11-6-3-2-5(9)4-7(6)12-8(11)10/h2-4,10H,1H3. The zero-order chi connectivity index (χ0) is 8.72. The zero-order valence-electron chi connectivity index (χ0n) is 6.47. The molecule has 12 heavy (non-hydrogen) atoms. The van der Waals surface area contributed by atoms with Gasteiger partial charge in [-0.3, -0.25) is 5.41 Å². The van der Waals surface area contributed by atoms with Crippen LogP contribution in [0.2, 0.25) is 5.02 Å². The van der Waals surface area contributed by atoms with Gasteiger partial charge in [0, 0.05) is 12.1 Å². The third-order valence-corrected chi connectivity index (χ3v) is 3.04. The molecule has 1 N–H and O–H groups in total. The van der Waals surface area contributed by atoms with Crippen LogP contribution < -0.4 is 4.80 Å². The Bertz CT molecular complexity index is 483. The summed E-state index contributed by atoms with van der Waals surface area (Å²) >= 11 is 7.25. The molecule has 0 fully saturated rings. The van der Waals surface area contributed by atoms with E-state index in [1.807, 2.05) is 29.8 Å². The van der Waals surface area contributed by atoms with Crippen molar-refractivity contribution in [1.29, 1.82) is 5.41 Å². The Kier molecular flexibility index (Phi) is 1.70. The van der Waals surface area contributed by atoms with Crippen molar-refractivity contribution in [2.24, 2.45) is 7.05 Å². The maximum absolute atomic E-state index is 7.56. The van der Waals surface area contributed by atoms with Crippen molar-refractivity contribution in [1.82, 2.24) is 4.57 Å². The minimum atomic E-state index is 0.548. The van der Waals surface area contributed by atoms with Crippen molar-refractivity contribution in [3.8, 4) is 0 Å². The molecule has 0 amide bonds. The minimum Gasteiger partial charge on any atom is -0.320 e. The van der Waals surface area contributed by atoms with Gasteiger partial charge >= 0.3 is 0 Å². The summed E-state index contributed by atoms with van der Waals surface area (Å²) in [6.07, 6.45) is 0. The van der Waals surface area contributed by atoms with Gasteiger partial charge in [-0.1, -0.05) is 22.9 Å². The van der Waals surface area contributed by atoms with E-state index in [0.29, 0.717) is 4.80 Å². The second-order valence-electron chi connectivity index (χ2n) is 2.58. The Hall–Kier alpha value is -0.800. The Balaban J connectivity index is 2.96. The fourth-order valence-corrected chi connectivity index (χ4v) is 2.30. The first kappa shape index (κ1) is 7.83. The van der Waals surface area contributed by atoms with Crippen molar-refractivity contribution in [2.45, 2.75) is 0 Å². The molecule has 1 heterocycles. The van der Waals surface area contributed by atoms with Crippen LogP contribution in [0.25, 0.3) is 10.2 Å².